The second-order valence-corrected chi connectivity index (χ2v) is 13.7. The number of hydrogen-bond acceptors (Lipinski definition) is 0. The minimum Gasteiger partial charge on any atom is -0.234 e. The molecule has 41 heavy (non-hydrogen) atoms. The SMILES string of the molecule is CCCCCCCCCCCCCCCCCCC[n+]1ccn(C(C)C)c1CCCCCCCCCCCCCC. The number of nitrogens with zero attached hydrogens (tertiary/aromatic N) is 2. The van der Waals surface area contributed by atoms with Crippen LogP contribution in [0.25, 0.3) is 0 Å². The Morgan fingerprint density at radius 3 is 1.12 bits per heavy atom. The van der Waals surface area contributed by atoms with Gasteiger partial charge in [0.2, 0.25) is 0 Å². The molecule has 1 heterocycles. The summed E-state index contributed by atoms with van der Waals surface area (Å²) in [4.78, 5) is 0. The first-order valence-corrected chi connectivity index (χ1v) is 19.3. The van der Waals surface area contributed by atoms with Crippen molar-refractivity contribution in [1.29, 1.82) is 0 Å². The molecule has 0 bridgehead atoms. The second kappa shape index (κ2) is 29.3. The second-order valence-electron chi connectivity index (χ2n) is 13.7. The standard InChI is InChI=1S/C39H77N2/c1-5-7-9-11-13-15-17-19-20-21-22-23-25-27-29-31-33-35-40-36-37-41(38(3)4)39(40)34-32-30-28-26-24-18-16-14-12-10-8-6-2/h36-38H,5-35H2,1-4H3/q+1. The van der Waals surface area contributed by atoms with Crippen LogP contribution in [0.3, 0.4) is 0 Å². The summed E-state index contributed by atoms with van der Waals surface area (Å²) in [5, 5.41) is 0. The smallest absolute Gasteiger partial charge is 0.234 e. The van der Waals surface area contributed by atoms with E-state index in [1.807, 2.05) is 0 Å². The van der Waals surface area contributed by atoms with E-state index in [1.54, 1.807) is 5.82 Å². The lowest BCUT2D eigenvalue weighted by molar-refractivity contribution is -0.704. The minimum atomic E-state index is 0.569. The third kappa shape index (κ3) is 22.4. The third-order valence-electron chi connectivity index (χ3n) is 9.35. The predicted octanol–water partition coefficient (Wildman–Crippen LogP) is 13.3. The molecule has 0 spiro atoms. The number of unbranched alkanes of at least 4 members (excludes halogenated alkanes) is 27. The molecule has 0 saturated carbocycles. The molecule has 0 unspecified atom stereocenters. The summed E-state index contributed by atoms with van der Waals surface area (Å²) in [5.74, 6) is 1.57. The molecule has 2 heteroatoms. The van der Waals surface area contributed by atoms with Gasteiger partial charge in [-0.05, 0) is 33.1 Å². The van der Waals surface area contributed by atoms with Gasteiger partial charge in [-0.3, -0.25) is 0 Å². The largest absolute Gasteiger partial charge is 0.256 e. The molecule has 0 radical (unpaired) electrons. The highest BCUT2D eigenvalue weighted by molar-refractivity contribution is 4.86. The lowest BCUT2D eigenvalue weighted by Gasteiger charge is -2.08. The molecule has 1 rings (SSSR count). The molecule has 0 aliphatic rings. The van der Waals surface area contributed by atoms with Crippen LogP contribution in [0, 0.1) is 0 Å². The molecule has 0 aliphatic carbocycles. The van der Waals surface area contributed by atoms with Crippen molar-refractivity contribution >= 4 is 0 Å². The zero-order valence-electron chi connectivity index (χ0n) is 29.0. The van der Waals surface area contributed by atoms with Crippen LogP contribution >= 0.6 is 0 Å². The molecule has 0 aliphatic heterocycles. The summed E-state index contributed by atoms with van der Waals surface area (Å²) in [5.41, 5.74) is 0. The molecule has 0 N–H and O–H groups in total. The normalized spacial score (nSPS) is 11.7. The molecule has 0 saturated heterocycles. The van der Waals surface area contributed by atoms with Crippen molar-refractivity contribution in [3.05, 3.63) is 18.2 Å². The van der Waals surface area contributed by atoms with E-state index < -0.39 is 0 Å². The van der Waals surface area contributed by atoms with E-state index in [9.17, 15) is 0 Å². The van der Waals surface area contributed by atoms with Crippen LogP contribution in [0.15, 0.2) is 12.4 Å². The van der Waals surface area contributed by atoms with Crippen molar-refractivity contribution < 1.29 is 4.57 Å². The first-order valence-electron chi connectivity index (χ1n) is 19.3. The monoisotopic (exact) mass is 574 g/mol. The average Bonchev–Trinajstić information content (AvgIpc) is 3.38. The summed E-state index contributed by atoms with van der Waals surface area (Å²) in [7, 11) is 0. The fraction of sp³-hybridized carbons (Fsp3) is 0.923. The predicted molar refractivity (Wildman–Crippen MR) is 184 cm³/mol. The third-order valence-corrected chi connectivity index (χ3v) is 9.35. The van der Waals surface area contributed by atoms with E-state index in [2.05, 4.69) is 49.2 Å². The lowest BCUT2D eigenvalue weighted by atomic mass is 10.0. The van der Waals surface area contributed by atoms with Gasteiger partial charge in [0, 0.05) is 6.42 Å². The van der Waals surface area contributed by atoms with Gasteiger partial charge in [-0.1, -0.05) is 181 Å². The van der Waals surface area contributed by atoms with Crippen LogP contribution in [0.4, 0.5) is 0 Å². The van der Waals surface area contributed by atoms with Crippen LogP contribution in [0.2, 0.25) is 0 Å². The van der Waals surface area contributed by atoms with Gasteiger partial charge in [-0.15, -0.1) is 0 Å². The molecular formula is C39H77N2+. The molecule has 1 aromatic rings. The number of imidazole rings is 1. The highest BCUT2D eigenvalue weighted by Crippen LogP contribution is 2.16. The zero-order chi connectivity index (χ0) is 29.6. The Morgan fingerprint density at radius 2 is 0.780 bits per heavy atom. The van der Waals surface area contributed by atoms with Gasteiger partial charge in [-0.2, -0.15) is 0 Å². The van der Waals surface area contributed by atoms with Gasteiger partial charge < -0.3 is 0 Å². The quantitative estimate of drug-likeness (QED) is 0.0598. The molecule has 0 atom stereocenters. The Labute approximate surface area is 259 Å². The van der Waals surface area contributed by atoms with Gasteiger partial charge in [0.25, 0.3) is 5.82 Å². The highest BCUT2D eigenvalue weighted by atomic mass is 15.2. The van der Waals surface area contributed by atoms with E-state index in [0.717, 1.165) is 0 Å². The first-order chi connectivity index (χ1) is 20.2. The van der Waals surface area contributed by atoms with E-state index in [1.165, 1.54) is 199 Å². The maximum atomic E-state index is 2.59. The molecule has 0 fully saturated rings. The van der Waals surface area contributed by atoms with Crippen LogP contribution in [-0.4, -0.2) is 4.57 Å². The highest BCUT2D eigenvalue weighted by Gasteiger charge is 2.18. The molecular weight excluding hydrogens is 496 g/mol. The van der Waals surface area contributed by atoms with Crippen molar-refractivity contribution in [2.24, 2.45) is 0 Å². The van der Waals surface area contributed by atoms with E-state index >= 15 is 0 Å². The summed E-state index contributed by atoms with van der Waals surface area (Å²) in [6.45, 7) is 10.5. The maximum Gasteiger partial charge on any atom is 0.256 e. The van der Waals surface area contributed by atoms with Crippen LogP contribution in [0.1, 0.15) is 226 Å². The van der Waals surface area contributed by atoms with Gasteiger partial charge in [0.1, 0.15) is 12.4 Å². The minimum absolute atomic E-state index is 0.569. The molecule has 242 valence electrons. The van der Waals surface area contributed by atoms with Crippen molar-refractivity contribution in [3.63, 3.8) is 0 Å². The summed E-state index contributed by atoms with van der Waals surface area (Å²) in [6, 6.07) is 0.569. The van der Waals surface area contributed by atoms with Gasteiger partial charge >= 0.3 is 0 Å². The Bertz CT molecular complexity index is 646. The molecule has 2 nitrogen and oxygen atoms in total. The number of aromatic nitrogens is 2. The fourth-order valence-electron chi connectivity index (χ4n) is 6.55. The molecule has 0 amide bonds. The Balaban J connectivity index is 2.02. The van der Waals surface area contributed by atoms with Gasteiger partial charge in [0.15, 0.2) is 0 Å². The summed E-state index contributed by atoms with van der Waals surface area (Å²) in [6.07, 6.45) is 47.7. The topological polar surface area (TPSA) is 8.81 Å². The van der Waals surface area contributed by atoms with E-state index in [0.29, 0.717) is 6.04 Å². The van der Waals surface area contributed by atoms with Crippen LogP contribution < -0.4 is 4.57 Å². The Hall–Kier alpha value is -0.790. The zero-order valence-corrected chi connectivity index (χ0v) is 29.0. The van der Waals surface area contributed by atoms with E-state index in [-0.39, 0.29) is 0 Å². The molecule has 0 aromatic carbocycles. The number of hydrogen-bond donors (Lipinski definition) is 0. The van der Waals surface area contributed by atoms with Gasteiger partial charge in [0.05, 0.1) is 12.6 Å². The van der Waals surface area contributed by atoms with Crippen molar-refractivity contribution in [2.45, 2.75) is 233 Å². The van der Waals surface area contributed by atoms with Crippen LogP contribution in [0.5, 0.6) is 0 Å². The van der Waals surface area contributed by atoms with Crippen molar-refractivity contribution in [2.75, 3.05) is 0 Å². The number of aryl methyl sites for hydroxylation is 1. The van der Waals surface area contributed by atoms with Crippen molar-refractivity contribution in [1.82, 2.24) is 4.57 Å². The van der Waals surface area contributed by atoms with Gasteiger partial charge in [-0.25, -0.2) is 9.13 Å². The lowest BCUT2D eigenvalue weighted by Crippen LogP contribution is -2.37. The maximum absolute atomic E-state index is 2.59. The first kappa shape index (κ1) is 38.2. The van der Waals surface area contributed by atoms with Crippen LogP contribution in [-0.2, 0) is 13.0 Å². The molecule has 1 aromatic heterocycles. The van der Waals surface area contributed by atoms with Crippen molar-refractivity contribution in [3.8, 4) is 0 Å². The Kier molecular flexibility index (Phi) is 27.3. The average molecular weight is 574 g/mol. The summed E-state index contributed by atoms with van der Waals surface area (Å²) >= 11 is 0. The fourth-order valence-corrected chi connectivity index (χ4v) is 6.55. The Morgan fingerprint density at radius 1 is 0.463 bits per heavy atom. The van der Waals surface area contributed by atoms with E-state index in [4.69, 9.17) is 0 Å². The summed E-state index contributed by atoms with van der Waals surface area (Å²) < 4.78 is 5.12. The number of rotatable bonds is 32.